The van der Waals surface area contributed by atoms with E-state index in [1.54, 1.807) is 31.3 Å². The van der Waals surface area contributed by atoms with E-state index in [1.165, 1.54) is 0 Å². The maximum atomic E-state index is 12.4. The second kappa shape index (κ2) is 8.15. The Morgan fingerprint density at radius 3 is 2.17 bits per heavy atom. The van der Waals surface area contributed by atoms with E-state index in [4.69, 9.17) is 4.74 Å². The number of amides is 2. The van der Waals surface area contributed by atoms with Crippen LogP contribution in [0, 0.1) is 0 Å². The molecular weight excluding hydrogens is 304 g/mol. The third-order valence-corrected chi connectivity index (χ3v) is 3.74. The minimum atomic E-state index is -0.239. The number of rotatable bonds is 6. The van der Waals surface area contributed by atoms with E-state index in [1.807, 2.05) is 44.2 Å². The van der Waals surface area contributed by atoms with E-state index >= 15 is 0 Å². The summed E-state index contributed by atoms with van der Waals surface area (Å²) in [6.45, 7) is 3.78. The summed E-state index contributed by atoms with van der Waals surface area (Å²) in [7, 11) is 1.56. The SMILES string of the molecule is CNC(=O)c1cccc(C(=O)N[C@@H](C)[C@H](C)Oc2ccccc2)c1. The third kappa shape index (κ3) is 4.59. The van der Waals surface area contributed by atoms with Gasteiger partial charge in [-0.15, -0.1) is 0 Å². The van der Waals surface area contributed by atoms with Crippen molar-refractivity contribution in [3.8, 4) is 5.75 Å². The van der Waals surface area contributed by atoms with Gasteiger partial charge in [0.2, 0.25) is 0 Å². The van der Waals surface area contributed by atoms with Gasteiger partial charge in [0.15, 0.2) is 0 Å². The molecule has 2 atom stereocenters. The zero-order valence-electron chi connectivity index (χ0n) is 14.1. The summed E-state index contributed by atoms with van der Waals surface area (Å²) in [6, 6.07) is 15.9. The Labute approximate surface area is 142 Å². The molecule has 2 aromatic carbocycles. The Balaban J connectivity index is 1.99. The van der Waals surface area contributed by atoms with E-state index in [9.17, 15) is 9.59 Å². The number of hydrogen-bond acceptors (Lipinski definition) is 3. The zero-order valence-corrected chi connectivity index (χ0v) is 14.1. The molecule has 2 N–H and O–H groups in total. The van der Waals surface area contributed by atoms with Gasteiger partial charge in [-0.3, -0.25) is 9.59 Å². The van der Waals surface area contributed by atoms with E-state index in [-0.39, 0.29) is 24.0 Å². The molecule has 0 fully saturated rings. The Morgan fingerprint density at radius 2 is 1.54 bits per heavy atom. The van der Waals surface area contributed by atoms with Crippen molar-refractivity contribution in [2.75, 3.05) is 7.05 Å². The van der Waals surface area contributed by atoms with Gasteiger partial charge in [-0.2, -0.15) is 0 Å². The van der Waals surface area contributed by atoms with Crippen LogP contribution in [-0.4, -0.2) is 31.0 Å². The molecule has 24 heavy (non-hydrogen) atoms. The lowest BCUT2D eigenvalue weighted by molar-refractivity contribution is 0.0894. The van der Waals surface area contributed by atoms with Crippen molar-refractivity contribution in [1.29, 1.82) is 0 Å². The standard InChI is InChI=1S/C19H22N2O3/c1-13(14(2)24-17-10-5-4-6-11-17)21-19(23)16-9-7-8-15(12-16)18(22)20-3/h4-14H,1-3H3,(H,20,22)(H,21,23)/t13-,14-/m0/s1. The van der Waals surface area contributed by atoms with Gasteiger partial charge in [-0.1, -0.05) is 24.3 Å². The molecule has 126 valence electrons. The highest BCUT2D eigenvalue weighted by molar-refractivity contribution is 5.99. The van der Waals surface area contributed by atoms with Gasteiger partial charge >= 0.3 is 0 Å². The van der Waals surface area contributed by atoms with Crippen LogP contribution >= 0.6 is 0 Å². The van der Waals surface area contributed by atoms with E-state index < -0.39 is 0 Å². The number of para-hydroxylation sites is 1. The highest BCUT2D eigenvalue weighted by Crippen LogP contribution is 2.13. The lowest BCUT2D eigenvalue weighted by atomic mass is 10.1. The number of carbonyl (C=O) groups is 2. The summed E-state index contributed by atoms with van der Waals surface area (Å²) in [5, 5.41) is 5.45. The first-order chi connectivity index (χ1) is 11.5. The van der Waals surface area contributed by atoms with Crippen molar-refractivity contribution in [3.05, 3.63) is 65.7 Å². The molecule has 2 amide bonds. The quantitative estimate of drug-likeness (QED) is 0.857. The van der Waals surface area contributed by atoms with Gasteiger partial charge in [-0.05, 0) is 44.2 Å². The molecule has 0 unspecified atom stereocenters. The van der Waals surface area contributed by atoms with Gasteiger partial charge in [0.1, 0.15) is 11.9 Å². The molecular formula is C19H22N2O3. The predicted octanol–water partition coefficient (Wildman–Crippen LogP) is 2.63. The van der Waals surface area contributed by atoms with E-state index in [0.717, 1.165) is 5.75 Å². The van der Waals surface area contributed by atoms with E-state index in [0.29, 0.717) is 11.1 Å². The molecule has 2 rings (SSSR count). The molecule has 2 aromatic rings. The summed E-state index contributed by atoms with van der Waals surface area (Å²) in [6.07, 6.45) is -0.196. The van der Waals surface area contributed by atoms with Crippen LogP contribution in [0.2, 0.25) is 0 Å². The molecule has 0 saturated heterocycles. The second-order valence-corrected chi connectivity index (χ2v) is 5.56. The third-order valence-electron chi connectivity index (χ3n) is 3.74. The van der Waals surface area contributed by atoms with Gasteiger partial charge in [0.25, 0.3) is 11.8 Å². The molecule has 5 nitrogen and oxygen atoms in total. The minimum absolute atomic E-state index is 0.193. The second-order valence-electron chi connectivity index (χ2n) is 5.56. The molecule has 0 aromatic heterocycles. The Hall–Kier alpha value is -2.82. The average molecular weight is 326 g/mol. The highest BCUT2D eigenvalue weighted by Gasteiger charge is 2.18. The average Bonchev–Trinajstić information content (AvgIpc) is 2.61. The van der Waals surface area contributed by atoms with Crippen LogP contribution in [-0.2, 0) is 0 Å². The molecule has 0 saturated carbocycles. The summed E-state index contributed by atoms with van der Waals surface area (Å²) < 4.78 is 5.81. The Kier molecular flexibility index (Phi) is 5.95. The van der Waals surface area contributed by atoms with Crippen molar-refractivity contribution in [2.45, 2.75) is 26.0 Å². The van der Waals surface area contributed by atoms with Crippen molar-refractivity contribution >= 4 is 11.8 Å². The lowest BCUT2D eigenvalue weighted by Gasteiger charge is -2.22. The van der Waals surface area contributed by atoms with E-state index in [2.05, 4.69) is 10.6 Å². The fourth-order valence-corrected chi connectivity index (χ4v) is 2.17. The van der Waals surface area contributed by atoms with Crippen molar-refractivity contribution in [2.24, 2.45) is 0 Å². The highest BCUT2D eigenvalue weighted by atomic mass is 16.5. The molecule has 0 radical (unpaired) electrons. The summed E-state index contributed by atoms with van der Waals surface area (Å²) in [5.41, 5.74) is 0.890. The predicted molar refractivity (Wildman–Crippen MR) is 93.3 cm³/mol. The molecule has 0 aliphatic heterocycles. The number of carbonyl (C=O) groups excluding carboxylic acids is 2. The van der Waals surface area contributed by atoms with Crippen LogP contribution in [0.1, 0.15) is 34.6 Å². The Bertz CT molecular complexity index is 701. The lowest BCUT2D eigenvalue weighted by Crippen LogP contribution is -2.42. The maximum Gasteiger partial charge on any atom is 0.251 e. The van der Waals surface area contributed by atoms with Crippen LogP contribution in [0.4, 0.5) is 0 Å². The normalized spacial score (nSPS) is 12.8. The molecule has 5 heteroatoms. The number of nitrogens with one attached hydrogen (secondary N) is 2. The van der Waals surface area contributed by atoms with Crippen LogP contribution in [0.15, 0.2) is 54.6 Å². The fourth-order valence-electron chi connectivity index (χ4n) is 2.17. The monoisotopic (exact) mass is 326 g/mol. The molecule has 0 aliphatic carbocycles. The number of ether oxygens (including phenoxy) is 1. The smallest absolute Gasteiger partial charge is 0.251 e. The number of benzene rings is 2. The molecule has 0 bridgehead atoms. The topological polar surface area (TPSA) is 67.4 Å². The molecule has 0 spiro atoms. The summed E-state index contributed by atoms with van der Waals surface area (Å²) in [4.78, 5) is 24.0. The van der Waals surface area contributed by atoms with Crippen molar-refractivity contribution in [3.63, 3.8) is 0 Å². The molecule has 0 aliphatic rings. The van der Waals surface area contributed by atoms with Crippen LogP contribution in [0.25, 0.3) is 0 Å². The summed E-state index contributed by atoms with van der Waals surface area (Å²) >= 11 is 0. The van der Waals surface area contributed by atoms with Crippen LogP contribution < -0.4 is 15.4 Å². The molecule has 0 heterocycles. The van der Waals surface area contributed by atoms with Gasteiger partial charge in [0, 0.05) is 18.2 Å². The van der Waals surface area contributed by atoms with Gasteiger partial charge in [0.05, 0.1) is 6.04 Å². The van der Waals surface area contributed by atoms with Crippen molar-refractivity contribution in [1.82, 2.24) is 10.6 Å². The van der Waals surface area contributed by atoms with Gasteiger partial charge in [-0.25, -0.2) is 0 Å². The summed E-state index contributed by atoms with van der Waals surface area (Å²) in [5.74, 6) is 0.294. The largest absolute Gasteiger partial charge is 0.489 e. The Morgan fingerprint density at radius 1 is 0.917 bits per heavy atom. The first-order valence-corrected chi connectivity index (χ1v) is 7.86. The van der Waals surface area contributed by atoms with Gasteiger partial charge < -0.3 is 15.4 Å². The minimum Gasteiger partial charge on any atom is -0.489 e. The maximum absolute atomic E-state index is 12.4. The zero-order chi connectivity index (χ0) is 17.5. The first-order valence-electron chi connectivity index (χ1n) is 7.86. The first kappa shape index (κ1) is 17.5. The van der Waals surface area contributed by atoms with Crippen LogP contribution in [0.5, 0.6) is 5.75 Å². The fraction of sp³-hybridized carbons (Fsp3) is 0.263. The van der Waals surface area contributed by atoms with Crippen molar-refractivity contribution < 1.29 is 14.3 Å². The van der Waals surface area contributed by atoms with Crippen LogP contribution in [0.3, 0.4) is 0 Å². The number of hydrogen-bond donors (Lipinski definition) is 2.